The predicted molar refractivity (Wildman–Crippen MR) is 95.5 cm³/mol. The molecular formula is C15H13ClN4O2S2. The molecule has 1 aliphatic heterocycles. The van der Waals surface area contributed by atoms with E-state index in [-0.39, 0.29) is 0 Å². The molecule has 0 atom stereocenters. The van der Waals surface area contributed by atoms with Gasteiger partial charge in [-0.15, -0.1) is 21.5 Å². The summed E-state index contributed by atoms with van der Waals surface area (Å²) in [7, 11) is 0. The highest BCUT2D eigenvalue weighted by Gasteiger charge is 2.18. The molecule has 24 heavy (non-hydrogen) atoms. The highest BCUT2D eigenvalue weighted by molar-refractivity contribution is 7.98. The fourth-order valence-electron chi connectivity index (χ4n) is 2.34. The lowest BCUT2D eigenvalue weighted by molar-refractivity contribution is 0.171. The molecule has 0 fully saturated rings. The van der Waals surface area contributed by atoms with Gasteiger partial charge in [0.05, 0.1) is 9.90 Å². The zero-order valence-electron chi connectivity index (χ0n) is 12.4. The molecule has 0 bridgehead atoms. The predicted octanol–water partition coefficient (Wildman–Crippen LogP) is 3.44. The highest BCUT2D eigenvalue weighted by atomic mass is 35.5. The van der Waals surface area contributed by atoms with Gasteiger partial charge in [0.2, 0.25) is 5.16 Å². The molecule has 2 N–H and O–H groups in total. The summed E-state index contributed by atoms with van der Waals surface area (Å²) in [5, 5.41) is 11.5. The molecule has 9 heteroatoms. The van der Waals surface area contributed by atoms with Gasteiger partial charge in [0.1, 0.15) is 13.2 Å². The van der Waals surface area contributed by atoms with Gasteiger partial charge in [0, 0.05) is 5.75 Å². The Hall–Kier alpha value is -1.90. The molecule has 0 radical (unpaired) electrons. The summed E-state index contributed by atoms with van der Waals surface area (Å²) in [5.41, 5.74) is 1.01. The molecule has 1 aliphatic rings. The number of thiophene rings is 1. The van der Waals surface area contributed by atoms with E-state index in [0.29, 0.717) is 46.5 Å². The molecule has 0 spiro atoms. The normalized spacial score (nSPS) is 13.2. The van der Waals surface area contributed by atoms with Crippen molar-refractivity contribution in [2.45, 2.75) is 10.9 Å². The van der Waals surface area contributed by atoms with Gasteiger partial charge >= 0.3 is 0 Å². The first kappa shape index (κ1) is 15.6. The molecule has 3 heterocycles. The third-order valence-electron chi connectivity index (χ3n) is 3.43. The van der Waals surface area contributed by atoms with Gasteiger partial charge in [-0.1, -0.05) is 29.4 Å². The van der Waals surface area contributed by atoms with Crippen molar-refractivity contribution in [3.8, 4) is 22.2 Å². The summed E-state index contributed by atoms with van der Waals surface area (Å²) in [6.07, 6.45) is 0. The van der Waals surface area contributed by atoms with Gasteiger partial charge < -0.3 is 15.3 Å². The van der Waals surface area contributed by atoms with Crippen LogP contribution >= 0.6 is 34.7 Å². The largest absolute Gasteiger partial charge is 0.486 e. The number of ether oxygens (including phenoxy) is 2. The number of thioether (sulfide) groups is 1. The van der Waals surface area contributed by atoms with Crippen molar-refractivity contribution in [1.82, 2.24) is 14.9 Å². The van der Waals surface area contributed by atoms with Crippen molar-refractivity contribution in [2.75, 3.05) is 19.1 Å². The Labute approximate surface area is 151 Å². The third-order valence-corrected chi connectivity index (χ3v) is 5.59. The van der Waals surface area contributed by atoms with Crippen molar-refractivity contribution >= 4 is 34.7 Å². The molecule has 124 valence electrons. The molecule has 2 aromatic heterocycles. The van der Waals surface area contributed by atoms with E-state index < -0.39 is 0 Å². The fraction of sp³-hybridized carbons (Fsp3) is 0.200. The maximum absolute atomic E-state index is 6.26. The Balaban J connectivity index is 1.52. The second-order valence-corrected chi connectivity index (χ2v) is 7.34. The Morgan fingerprint density at radius 3 is 3.00 bits per heavy atom. The van der Waals surface area contributed by atoms with Crippen molar-refractivity contribution in [2.24, 2.45) is 0 Å². The lowest BCUT2D eigenvalue weighted by Gasteiger charge is -2.20. The number of fused-ring (bicyclic) bond motifs is 1. The topological polar surface area (TPSA) is 75.2 Å². The van der Waals surface area contributed by atoms with Crippen molar-refractivity contribution < 1.29 is 9.47 Å². The van der Waals surface area contributed by atoms with E-state index in [4.69, 9.17) is 26.9 Å². The average molecular weight is 381 g/mol. The monoisotopic (exact) mass is 380 g/mol. The van der Waals surface area contributed by atoms with E-state index in [9.17, 15) is 0 Å². The molecule has 3 aromatic rings. The first-order chi connectivity index (χ1) is 11.7. The average Bonchev–Trinajstić information content (AvgIpc) is 3.23. The van der Waals surface area contributed by atoms with Crippen LogP contribution in [-0.4, -0.2) is 28.1 Å². The Morgan fingerprint density at radius 2 is 2.17 bits per heavy atom. The quantitative estimate of drug-likeness (QED) is 0.552. The molecule has 0 aliphatic carbocycles. The van der Waals surface area contributed by atoms with Crippen molar-refractivity contribution in [3.63, 3.8) is 0 Å². The second kappa shape index (κ2) is 6.54. The SMILES string of the molecule is Nn1c(SCc2cc(Cl)c3c(c2)OCCO3)nnc1-c1cccs1. The summed E-state index contributed by atoms with van der Waals surface area (Å²) in [4.78, 5) is 0.985. The number of nitrogens with two attached hydrogens (primary N) is 1. The Kier molecular flexibility index (Phi) is 4.26. The minimum atomic E-state index is 0.516. The van der Waals surface area contributed by atoms with Crippen LogP contribution in [0.3, 0.4) is 0 Å². The van der Waals surface area contributed by atoms with Gasteiger partial charge in [-0.25, -0.2) is 4.68 Å². The fourth-order valence-corrected chi connectivity index (χ4v) is 4.12. The zero-order valence-corrected chi connectivity index (χ0v) is 14.8. The molecule has 6 nitrogen and oxygen atoms in total. The van der Waals surface area contributed by atoms with Crippen LogP contribution < -0.4 is 15.3 Å². The lowest BCUT2D eigenvalue weighted by Crippen LogP contribution is -2.15. The maximum Gasteiger partial charge on any atom is 0.210 e. The maximum atomic E-state index is 6.26. The number of benzene rings is 1. The first-order valence-electron chi connectivity index (χ1n) is 7.17. The number of nitrogens with zero attached hydrogens (tertiary/aromatic N) is 3. The second-order valence-electron chi connectivity index (χ2n) is 5.04. The van der Waals surface area contributed by atoms with Crippen LogP contribution in [-0.2, 0) is 5.75 Å². The van der Waals surface area contributed by atoms with E-state index in [0.717, 1.165) is 10.4 Å². The van der Waals surface area contributed by atoms with Crippen molar-refractivity contribution in [3.05, 3.63) is 40.2 Å². The van der Waals surface area contributed by atoms with Crippen LogP contribution in [0.1, 0.15) is 5.56 Å². The van der Waals surface area contributed by atoms with E-state index in [1.54, 1.807) is 11.3 Å². The number of halogens is 1. The van der Waals surface area contributed by atoms with Crippen LogP contribution in [0.25, 0.3) is 10.7 Å². The molecule has 0 saturated carbocycles. The minimum absolute atomic E-state index is 0.516. The summed E-state index contributed by atoms with van der Waals surface area (Å²) in [6, 6.07) is 7.73. The van der Waals surface area contributed by atoms with Crippen molar-refractivity contribution in [1.29, 1.82) is 0 Å². The van der Waals surface area contributed by atoms with Crippen LogP contribution in [0.2, 0.25) is 5.02 Å². The molecule has 0 unspecified atom stereocenters. The molecule has 0 amide bonds. The van der Waals surface area contributed by atoms with Crippen LogP contribution in [0.5, 0.6) is 11.5 Å². The van der Waals surface area contributed by atoms with Gasteiger partial charge in [0.25, 0.3) is 0 Å². The smallest absolute Gasteiger partial charge is 0.210 e. The van der Waals surface area contributed by atoms with Gasteiger partial charge in [0.15, 0.2) is 17.3 Å². The van der Waals surface area contributed by atoms with Gasteiger partial charge in [-0.05, 0) is 29.1 Å². The Morgan fingerprint density at radius 1 is 1.29 bits per heavy atom. The molecule has 1 aromatic carbocycles. The van der Waals surface area contributed by atoms with Crippen LogP contribution in [0.15, 0.2) is 34.8 Å². The van der Waals surface area contributed by atoms with E-state index in [1.807, 2.05) is 29.6 Å². The van der Waals surface area contributed by atoms with Gasteiger partial charge in [-0.2, -0.15) is 0 Å². The summed E-state index contributed by atoms with van der Waals surface area (Å²) in [6.45, 7) is 1.05. The highest BCUT2D eigenvalue weighted by Crippen LogP contribution is 2.39. The zero-order chi connectivity index (χ0) is 16.5. The standard InChI is InChI=1S/C15H13ClN4O2S2/c16-10-6-9(7-11-13(10)22-4-3-21-11)8-24-15-19-18-14(20(15)17)12-2-1-5-23-12/h1-2,5-7H,3-4,8,17H2. The van der Waals surface area contributed by atoms with E-state index >= 15 is 0 Å². The summed E-state index contributed by atoms with van der Waals surface area (Å²) in [5.74, 6) is 8.70. The number of hydrogen-bond donors (Lipinski definition) is 1. The summed E-state index contributed by atoms with van der Waals surface area (Å²) >= 11 is 9.33. The van der Waals surface area contributed by atoms with Gasteiger partial charge in [-0.3, -0.25) is 0 Å². The molecule has 0 saturated heterocycles. The third kappa shape index (κ3) is 2.92. The number of rotatable bonds is 4. The molecule has 4 rings (SSSR count). The van der Waals surface area contributed by atoms with E-state index in [1.165, 1.54) is 16.4 Å². The minimum Gasteiger partial charge on any atom is -0.486 e. The molecular weight excluding hydrogens is 368 g/mol. The number of hydrogen-bond acceptors (Lipinski definition) is 7. The van der Waals surface area contributed by atoms with Crippen LogP contribution in [0.4, 0.5) is 0 Å². The summed E-state index contributed by atoms with van der Waals surface area (Å²) < 4.78 is 12.6. The Bertz CT molecular complexity index is 867. The lowest BCUT2D eigenvalue weighted by atomic mass is 10.2. The van der Waals surface area contributed by atoms with E-state index in [2.05, 4.69) is 10.2 Å². The van der Waals surface area contributed by atoms with Crippen LogP contribution in [0, 0.1) is 0 Å². The first-order valence-corrected chi connectivity index (χ1v) is 9.42. The number of aromatic nitrogens is 3. The number of nitrogen functional groups attached to an aromatic ring is 1.